The van der Waals surface area contributed by atoms with E-state index >= 15 is 0 Å². The minimum atomic E-state index is -1.07. The largest absolute Gasteiger partial charge is 0.478 e. The Labute approximate surface area is 80.3 Å². The van der Waals surface area contributed by atoms with Gasteiger partial charge in [-0.1, -0.05) is 0 Å². The Bertz CT molecular complexity index is 408. The third kappa shape index (κ3) is 1.09. The molecule has 0 aromatic carbocycles. The van der Waals surface area contributed by atoms with E-state index in [9.17, 15) is 9.59 Å². The Morgan fingerprint density at radius 3 is 3.07 bits per heavy atom. The molecule has 1 atom stereocenters. The van der Waals surface area contributed by atoms with Crippen molar-refractivity contribution in [3.63, 3.8) is 0 Å². The molecule has 0 saturated heterocycles. The van der Waals surface area contributed by atoms with Crippen LogP contribution in [0.3, 0.4) is 0 Å². The van der Waals surface area contributed by atoms with Crippen molar-refractivity contribution >= 4 is 11.9 Å². The first-order valence-electron chi connectivity index (χ1n) is 4.33. The van der Waals surface area contributed by atoms with Crippen molar-refractivity contribution in [2.24, 2.45) is 0 Å². The van der Waals surface area contributed by atoms with Gasteiger partial charge in [0.2, 0.25) is 0 Å². The fourth-order valence-corrected chi connectivity index (χ4v) is 1.65. The van der Waals surface area contributed by atoms with Gasteiger partial charge in [-0.25, -0.2) is 4.79 Å². The van der Waals surface area contributed by atoms with Gasteiger partial charge in [-0.15, -0.1) is 0 Å². The predicted molar refractivity (Wildman–Crippen MR) is 48.4 cm³/mol. The lowest BCUT2D eigenvalue weighted by Gasteiger charge is -2.23. The molecule has 5 heteroatoms. The van der Waals surface area contributed by atoms with Crippen molar-refractivity contribution in [1.82, 2.24) is 9.88 Å². The molecule has 2 rings (SSSR count). The van der Waals surface area contributed by atoms with Crippen molar-refractivity contribution in [3.8, 4) is 0 Å². The second-order valence-corrected chi connectivity index (χ2v) is 3.35. The van der Waals surface area contributed by atoms with Crippen LogP contribution in [-0.4, -0.2) is 28.1 Å². The van der Waals surface area contributed by atoms with E-state index in [1.165, 1.54) is 6.07 Å². The van der Waals surface area contributed by atoms with Crippen LogP contribution in [0.25, 0.3) is 0 Å². The van der Waals surface area contributed by atoms with Gasteiger partial charge in [0.15, 0.2) is 0 Å². The molecule has 2 N–H and O–H groups in total. The molecule has 0 unspecified atom stereocenters. The van der Waals surface area contributed by atoms with Gasteiger partial charge in [-0.05, 0) is 13.0 Å². The summed E-state index contributed by atoms with van der Waals surface area (Å²) in [6, 6.07) is 1.56. The summed E-state index contributed by atoms with van der Waals surface area (Å²) in [6.07, 6.45) is 1.64. The zero-order valence-corrected chi connectivity index (χ0v) is 7.65. The van der Waals surface area contributed by atoms with Gasteiger partial charge >= 0.3 is 5.97 Å². The third-order valence-electron chi connectivity index (χ3n) is 2.39. The highest BCUT2D eigenvalue weighted by Gasteiger charge is 2.27. The van der Waals surface area contributed by atoms with Crippen molar-refractivity contribution in [3.05, 3.63) is 23.5 Å². The monoisotopic (exact) mass is 194 g/mol. The lowest BCUT2D eigenvalue weighted by atomic mass is 10.2. The molecule has 2 heterocycles. The normalized spacial score (nSPS) is 20.1. The molecule has 0 fully saturated rings. The Morgan fingerprint density at radius 2 is 2.43 bits per heavy atom. The van der Waals surface area contributed by atoms with E-state index in [1.807, 2.05) is 6.92 Å². The highest BCUT2D eigenvalue weighted by Crippen LogP contribution is 2.19. The van der Waals surface area contributed by atoms with Gasteiger partial charge in [0.25, 0.3) is 5.91 Å². The van der Waals surface area contributed by atoms with E-state index in [4.69, 9.17) is 5.11 Å². The summed E-state index contributed by atoms with van der Waals surface area (Å²) in [5.74, 6) is -1.38. The lowest BCUT2D eigenvalue weighted by molar-refractivity contribution is 0.0688. The smallest absolute Gasteiger partial charge is 0.338 e. The van der Waals surface area contributed by atoms with Crippen LogP contribution in [0.15, 0.2) is 12.3 Å². The average molecular weight is 194 g/mol. The van der Waals surface area contributed by atoms with Crippen molar-refractivity contribution in [2.75, 3.05) is 6.54 Å². The number of nitrogens with one attached hydrogen (secondary N) is 1. The molecule has 74 valence electrons. The molecule has 0 aliphatic carbocycles. The number of rotatable bonds is 1. The molecule has 0 spiro atoms. The van der Waals surface area contributed by atoms with Crippen LogP contribution in [0.1, 0.15) is 33.8 Å². The summed E-state index contributed by atoms with van der Waals surface area (Å²) >= 11 is 0. The zero-order chi connectivity index (χ0) is 10.3. The first-order valence-corrected chi connectivity index (χ1v) is 4.33. The first kappa shape index (κ1) is 8.80. The van der Waals surface area contributed by atoms with Gasteiger partial charge in [0, 0.05) is 18.8 Å². The second kappa shape index (κ2) is 2.87. The summed E-state index contributed by atoms with van der Waals surface area (Å²) < 4.78 is 1.70. The van der Waals surface area contributed by atoms with E-state index in [0.717, 1.165) is 0 Å². The van der Waals surface area contributed by atoms with Gasteiger partial charge in [-0.3, -0.25) is 4.79 Å². The topological polar surface area (TPSA) is 71.3 Å². The number of carboxylic acids is 1. The van der Waals surface area contributed by atoms with E-state index in [1.54, 1.807) is 10.8 Å². The first-order chi connectivity index (χ1) is 6.61. The molecule has 1 aliphatic rings. The highest BCUT2D eigenvalue weighted by molar-refractivity contribution is 6.04. The Hall–Kier alpha value is -1.78. The molecule has 0 bridgehead atoms. The van der Waals surface area contributed by atoms with Crippen LogP contribution in [0.2, 0.25) is 0 Å². The average Bonchev–Trinajstić information content (AvgIpc) is 2.56. The maximum Gasteiger partial charge on any atom is 0.338 e. The van der Waals surface area contributed by atoms with E-state index in [0.29, 0.717) is 6.54 Å². The van der Waals surface area contributed by atoms with Gasteiger partial charge < -0.3 is 15.0 Å². The zero-order valence-electron chi connectivity index (χ0n) is 7.65. The molecular formula is C9H10N2O3. The van der Waals surface area contributed by atoms with E-state index in [2.05, 4.69) is 5.32 Å². The van der Waals surface area contributed by atoms with Crippen molar-refractivity contribution < 1.29 is 14.7 Å². The number of hydrogen-bond donors (Lipinski definition) is 2. The fraction of sp³-hybridized carbons (Fsp3) is 0.333. The molecular weight excluding hydrogens is 184 g/mol. The number of amides is 1. The number of carboxylic acid groups (broad SMARTS) is 1. The van der Waals surface area contributed by atoms with Crippen LogP contribution in [0.5, 0.6) is 0 Å². The Kier molecular flexibility index (Phi) is 1.80. The fourth-order valence-electron chi connectivity index (χ4n) is 1.65. The van der Waals surface area contributed by atoms with Crippen LogP contribution in [0.4, 0.5) is 0 Å². The number of fused-ring (bicyclic) bond motifs is 1. The predicted octanol–water partition coefficient (Wildman–Crippen LogP) is 0.491. The Morgan fingerprint density at radius 1 is 1.71 bits per heavy atom. The molecule has 1 aromatic rings. The number of carbonyl (C=O) groups is 2. The van der Waals surface area contributed by atoms with Crippen LogP contribution in [0, 0.1) is 0 Å². The maximum absolute atomic E-state index is 11.4. The number of nitrogens with zero attached hydrogens (tertiary/aromatic N) is 1. The lowest BCUT2D eigenvalue weighted by Crippen LogP contribution is -2.38. The molecule has 1 amide bonds. The number of carbonyl (C=O) groups excluding carboxylic acids is 1. The summed E-state index contributed by atoms with van der Waals surface area (Å²) in [4.78, 5) is 22.2. The Balaban J connectivity index is 2.59. The van der Waals surface area contributed by atoms with Crippen LogP contribution in [-0.2, 0) is 0 Å². The SMILES string of the molecule is C[C@H]1CNC(=O)c2c(C(=O)O)ccn21. The molecule has 0 radical (unpaired) electrons. The van der Waals surface area contributed by atoms with Gasteiger partial charge in [0.05, 0.1) is 5.56 Å². The van der Waals surface area contributed by atoms with E-state index < -0.39 is 5.97 Å². The van der Waals surface area contributed by atoms with Crippen molar-refractivity contribution in [2.45, 2.75) is 13.0 Å². The molecule has 1 aromatic heterocycles. The van der Waals surface area contributed by atoms with Gasteiger partial charge in [0.1, 0.15) is 5.69 Å². The highest BCUT2D eigenvalue weighted by atomic mass is 16.4. The number of aromatic nitrogens is 1. The molecule has 1 aliphatic heterocycles. The third-order valence-corrected chi connectivity index (χ3v) is 2.39. The summed E-state index contributed by atoms with van der Waals surface area (Å²) in [7, 11) is 0. The van der Waals surface area contributed by atoms with Crippen LogP contribution >= 0.6 is 0 Å². The second-order valence-electron chi connectivity index (χ2n) is 3.35. The van der Waals surface area contributed by atoms with Gasteiger partial charge in [-0.2, -0.15) is 0 Å². The minimum absolute atomic E-state index is 0.0639. The summed E-state index contributed by atoms with van der Waals surface area (Å²) in [5.41, 5.74) is 0.310. The maximum atomic E-state index is 11.4. The molecule has 5 nitrogen and oxygen atoms in total. The van der Waals surface area contributed by atoms with Crippen LogP contribution < -0.4 is 5.32 Å². The quantitative estimate of drug-likeness (QED) is 0.683. The standard InChI is InChI=1S/C9H10N2O3/c1-5-4-10-8(12)7-6(9(13)14)2-3-11(5)7/h2-3,5H,4H2,1H3,(H,10,12)(H,13,14)/t5-/m0/s1. The molecule has 0 saturated carbocycles. The van der Waals surface area contributed by atoms with E-state index in [-0.39, 0.29) is 23.2 Å². The number of aromatic carboxylic acids is 1. The summed E-state index contributed by atoms with van der Waals surface area (Å²) in [6.45, 7) is 2.47. The number of hydrogen-bond acceptors (Lipinski definition) is 2. The summed E-state index contributed by atoms with van der Waals surface area (Å²) in [5, 5.41) is 11.5. The molecule has 14 heavy (non-hydrogen) atoms. The van der Waals surface area contributed by atoms with Crippen molar-refractivity contribution in [1.29, 1.82) is 0 Å². The minimum Gasteiger partial charge on any atom is -0.478 e.